The topological polar surface area (TPSA) is 97.4 Å². The van der Waals surface area contributed by atoms with Crippen molar-refractivity contribution in [1.82, 2.24) is 10.3 Å². The third-order valence-corrected chi connectivity index (χ3v) is 8.20. The smallest absolute Gasteiger partial charge is 0.328 e. The van der Waals surface area contributed by atoms with Crippen molar-refractivity contribution in [2.75, 3.05) is 23.8 Å². The number of amides is 1. The van der Waals surface area contributed by atoms with Crippen molar-refractivity contribution in [2.24, 2.45) is 0 Å². The van der Waals surface area contributed by atoms with E-state index in [1.165, 1.54) is 18.4 Å². The molecule has 11 heteroatoms. The molecule has 3 aromatic rings. The standard InChI is InChI=1S/C22H23N3O4S4/c1-29-21(27)19(10-12-30-2)24-20(26)17-9-8-16(14-18(17)15-6-4-3-5-7-15)32-33(28)25-22-23-11-13-31-22/h3-9,11,13-14,19H,10,12H2,1-2H3,(H,23,25)(H,24,26)/t19-,33?/m0/s1. The van der Waals surface area contributed by atoms with Gasteiger partial charge in [-0.2, -0.15) is 11.8 Å². The number of methoxy groups -OCH3 is 1. The van der Waals surface area contributed by atoms with Gasteiger partial charge in [-0.05, 0) is 58.5 Å². The SMILES string of the molecule is COC(=O)[C@H](CCSC)NC(=O)c1ccc(SS(=O)Nc2nccs2)cc1-c1ccccc1. The van der Waals surface area contributed by atoms with Crippen LogP contribution < -0.4 is 10.0 Å². The number of carbonyl (C=O) groups is 2. The number of thiazole rings is 1. The number of hydrogen-bond acceptors (Lipinski definition) is 8. The van der Waals surface area contributed by atoms with Crippen LogP contribution in [0.2, 0.25) is 0 Å². The van der Waals surface area contributed by atoms with Crippen LogP contribution in [-0.4, -0.2) is 46.2 Å². The summed E-state index contributed by atoms with van der Waals surface area (Å²) >= 11 is 2.95. The molecular formula is C22H23N3O4S4. The molecule has 3 rings (SSSR count). The molecule has 0 fully saturated rings. The van der Waals surface area contributed by atoms with Crippen molar-refractivity contribution in [2.45, 2.75) is 17.4 Å². The molecule has 0 aliphatic carbocycles. The number of carbonyl (C=O) groups excluding carboxylic acids is 2. The first-order valence-electron chi connectivity index (χ1n) is 9.85. The highest BCUT2D eigenvalue weighted by molar-refractivity contribution is 8.69. The highest BCUT2D eigenvalue weighted by atomic mass is 33.1. The summed E-state index contributed by atoms with van der Waals surface area (Å²) in [7, 11) is 0.979. The van der Waals surface area contributed by atoms with Gasteiger partial charge in [-0.15, -0.1) is 11.3 Å². The molecule has 174 valence electrons. The molecule has 0 aliphatic rings. The number of nitrogens with zero attached hydrogens (tertiary/aromatic N) is 1. The van der Waals surface area contributed by atoms with E-state index in [1.54, 1.807) is 35.5 Å². The quantitative estimate of drug-likeness (QED) is 0.281. The number of ether oxygens (including phenoxy) is 1. The van der Waals surface area contributed by atoms with Crippen LogP contribution in [0, 0.1) is 0 Å². The normalized spacial score (nSPS) is 12.5. The maximum absolute atomic E-state index is 13.2. The van der Waals surface area contributed by atoms with Gasteiger partial charge >= 0.3 is 5.97 Å². The fourth-order valence-corrected chi connectivity index (χ4v) is 6.27. The van der Waals surface area contributed by atoms with Gasteiger partial charge in [-0.1, -0.05) is 30.3 Å². The second-order valence-electron chi connectivity index (χ2n) is 6.66. The van der Waals surface area contributed by atoms with Gasteiger partial charge < -0.3 is 10.1 Å². The lowest BCUT2D eigenvalue weighted by atomic mass is 9.99. The zero-order chi connectivity index (χ0) is 23.6. The summed E-state index contributed by atoms with van der Waals surface area (Å²) in [6.07, 6.45) is 4.04. The van der Waals surface area contributed by atoms with Crippen molar-refractivity contribution in [3.8, 4) is 11.1 Å². The highest BCUT2D eigenvalue weighted by Gasteiger charge is 2.23. The molecule has 0 saturated heterocycles. The Morgan fingerprint density at radius 1 is 1.21 bits per heavy atom. The zero-order valence-electron chi connectivity index (χ0n) is 18.0. The minimum absolute atomic E-state index is 0.371. The molecule has 2 atom stereocenters. The number of nitrogens with one attached hydrogen (secondary N) is 2. The van der Waals surface area contributed by atoms with Crippen molar-refractivity contribution in [1.29, 1.82) is 0 Å². The third-order valence-electron chi connectivity index (χ3n) is 4.50. The Hall–Kier alpha value is -2.34. The minimum atomic E-state index is -1.45. The highest BCUT2D eigenvalue weighted by Crippen LogP contribution is 2.31. The Morgan fingerprint density at radius 3 is 2.67 bits per heavy atom. The van der Waals surface area contributed by atoms with E-state index < -0.39 is 22.0 Å². The van der Waals surface area contributed by atoms with E-state index in [4.69, 9.17) is 4.74 Å². The monoisotopic (exact) mass is 521 g/mol. The second kappa shape index (κ2) is 12.8. The van der Waals surface area contributed by atoms with E-state index in [2.05, 4.69) is 15.0 Å². The number of rotatable bonds is 11. The molecule has 1 heterocycles. The van der Waals surface area contributed by atoms with Crippen LogP contribution >= 0.6 is 33.9 Å². The number of benzene rings is 2. The van der Waals surface area contributed by atoms with Crippen LogP contribution in [0.4, 0.5) is 5.13 Å². The minimum Gasteiger partial charge on any atom is -0.467 e. The summed E-state index contributed by atoms with van der Waals surface area (Å²) in [5.74, 6) is -0.141. The van der Waals surface area contributed by atoms with Crippen molar-refractivity contribution >= 4 is 60.9 Å². The maximum atomic E-state index is 13.2. The lowest BCUT2D eigenvalue weighted by molar-refractivity contribution is -0.142. The van der Waals surface area contributed by atoms with Crippen LogP contribution in [0.1, 0.15) is 16.8 Å². The van der Waals surface area contributed by atoms with E-state index in [0.29, 0.717) is 28.4 Å². The summed E-state index contributed by atoms with van der Waals surface area (Å²) < 4.78 is 20.2. The van der Waals surface area contributed by atoms with Crippen LogP contribution in [0.15, 0.2) is 65.0 Å². The molecule has 0 radical (unpaired) electrons. The van der Waals surface area contributed by atoms with Gasteiger partial charge in [0.2, 0.25) is 0 Å². The predicted molar refractivity (Wildman–Crippen MR) is 138 cm³/mol. The summed E-state index contributed by atoms with van der Waals surface area (Å²) in [4.78, 5) is 30.1. The third kappa shape index (κ3) is 7.32. The van der Waals surface area contributed by atoms with Gasteiger partial charge in [0.05, 0.1) is 7.11 Å². The molecule has 0 spiro atoms. The summed E-state index contributed by atoms with van der Waals surface area (Å²) in [6, 6.07) is 14.0. The van der Waals surface area contributed by atoms with Gasteiger partial charge in [-0.25, -0.2) is 14.0 Å². The van der Waals surface area contributed by atoms with E-state index in [-0.39, 0.29) is 5.91 Å². The first-order valence-corrected chi connectivity index (χ1v) is 14.6. The average Bonchev–Trinajstić information content (AvgIpc) is 3.34. The van der Waals surface area contributed by atoms with Gasteiger partial charge in [0.25, 0.3) is 5.91 Å². The lowest BCUT2D eigenvalue weighted by Gasteiger charge is -2.18. The summed E-state index contributed by atoms with van der Waals surface area (Å²) in [5.41, 5.74) is 1.93. The Balaban J connectivity index is 1.86. The zero-order valence-corrected chi connectivity index (χ0v) is 21.2. The number of esters is 1. The van der Waals surface area contributed by atoms with Crippen LogP contribution in [0.3, 0.4) is 0 Å². The number of thioether (sulfide) groups is 1. The summed E-state index contributed by atoms with van der Waals surface area (Å²) in [5, 5.41) is 5.17. The first-order chi connectivity index (χ1) is 16.0. The van der Waals surface area contributed by atoms with E-state index in [1.807, 2.05) is 42.7 Å². The molecule has 0 aliphatic heterocycles. The Labute approximate surface area is 207 Å². The van der Waals surface area contributed by atoms with E-state index >= 15 is 0 Å². The summed E-state index contributed by atoms with van der Waals surface area (Å²) in [6.45, 7) is 0. The van der Waals surface area contributed by atoms with Crippen LogP contribution in [-0.2, 0) is 19.5 Å². The molecule has 7 nitrogen and oxygen atoms in total. The largest absolute Gasteiger partial charge is 0.467 e. The fraction of sp³-hybridized carbons (Fsp3) is 0.227. The van der Waals surface area contributed by atoms with Crippen molar-refractivity contribution < 1.29 is 18.5 Å². The van der Waals surface area contributed by atoms with Crippen molar-refractivity contribution in [3.05, 3.63) is 65.7 Å². The Kier molecular flexibility index (Phi) is 9.79. The van der Waals surface area contributed by atoms with Crippen LogP contribution in [0.5, 0.6) is 0 Å². The number of aromatic nitrogens is 1. The molecule has 2 aromatic carbocycles. The van der Waals surface area contributed by atoms with Crippen molar-refractivity contribution in [3.63, 3.8) is 0 Å². The molecular weight excluding hydrogens is 499 g/mol. The molecule has 33 heavy (non-hydrogen) atoms. The Morgan fingerprint density at radius 2 is 2.00 bits per heavy atom. The lowest BCUT2D eigenvalue weighted by Crippen LogP contribution is -2.42. The number of anilines is 1. The van der Waals surface area contributed by atoms with Crippen LogP contribution in [0.25, 0.3) is 11.1 Å². The molecule has 1 aromatic heterocycles. The maximum Gasteiger partial charge on any atom is 0.328 e. The fourth-order valence-electron chi connectivity index (χ4n) is 2.95. The van der Waals surface area contributed by atoms with Gasteiger partial charge in [0.15, 0.2) is 15.1 Å². The van der Waals surface area contributed by atoms with Gasteiger partial charge in [0, 0.05) is 22.0 Å². The van der Waals surface area contributed by atoms with E-state index in [0.717, 1.165) is 21.3 Å². The van der Waals surface area contributed by atoms with Gasteiger partial charge in [0.1, 0.15) is 6.04 Å². The molecule has 2 N–H and O–H groups in total. The second-order valence-corrected chi connectivity index (χ2v) is 11.3. The predicted octanol–water partition coefficient (Wildman–Crippen LogP) is 4.62. The number of hydrogen-bond donors (Lipinski definition) is 2. The molecule has 0 saturated carbocycles. The first kappa shape index (κ1) is 25.3. The molecule has 0 bridgehead atoms. The van der Waals surface area contributed by atoms with Gasteiger partial charge in [-0.3, -0.25) is 9.52 Å². The van der Waals surface area contributed by atoms with E-state index in [9.17, 15) is 13.8 Å². The molecule has 1 unspecified atom stereocenters. The Bertz CT molecular complexity index is 1090. The molecule has 1 amide bonds. The average molecular weight is 522 g/mol.